The number of carbonyl (C=O) groups excluding carboxylic acids is 2. The summed E-state index contributed by atoms with van der Waals surface area (Å²) in [4.78, 5) is 49.5. The first-order chi connectivity index (χ1) is 27.0. The maximum Gasteiger partial charge on any atom is 0.329 e. The van der Waals surface area contributed by atoms with Gasteiger partial charge < -0.3 is 44.5 Å². The molecule has 0 radical (unpaired) electrons. The first-order valence-corrected chi connectivity index (χ1v) is 19.9. The van der Waals surface area contributed by atoms with Crippen LogP contribution in [0.15, 0.2) is 71.8 Å². The van der Waals surface area contributed by atoms with Gasteiger partial charge in [0.1, 0.15) is 19.0 Å². The van der Waals surface area contributed by atoms with Crippen LogP contribution >= 0.6 is 0 Å². The van der Waals surface area contributed by atoms with Crippen molar-refractivity contribution in [3.05, 3.63) is 89.2 Å². The van der Waals surface area contributed by atoms with Gasteiger partial charge in [-0.2, -0.15) is 0 Å². The summed E-state index contributed by atoms with van der Waals surface area (Å²) < 4.78 is 52.6. The van der Waals surface area contributed by atoms with E-state index in [1.54, 1.807) is 12.1 Å². The maximum absolute atomic E-state index is 13.0. The molecule has 0 saturated carbocycles. The fourth-order valence-corrected chi connectivity index (χ4v) is 6.30. The lowest BCUT2D eigenvalue weighted by Crippen LogP contribution is -2.31. The molecule has 56 heavy (non-hydrogen) atoms. The maximum atomic E-state index is 13.0. The number of aromatic nitrogens is 1. The van der Waals surface area contributed by atoms with Gasteiger partial charge in [-0.15, -0.1) is 0 Å². The van der Waals surface area contributed by atoms with E-state index < -0.39 is 27.7 Å². The van der Waals surface area contributed by atoms with Gasteiger partial charge in [-0.1, -0.05) is 30.7 Å². The van der Waals surface area contributed by atoms with Crippen molar-refractivity contribution >= 4 is 33.6 Å². The van der Waals surface area contributed by atoms with Gasteiger partial charge in [-0.3, -0.25) is 19.4 Å². The molecule has 2 amide bonds. The van der Waals surface area contributed by atoms with Gasteiger partial charge in [-0.05, 0) is 66.8 Å². The summed E-state index contributed by atoms with van der Waals surface area (Å²) in [7, 11) is -3.70. The number of hydrogen-bond acceptors (Lipinski definition) is 12. The number of benzene rings is 2. The van der Waals surface area contributed by atoms with Crippen LogP contribution in [-0.4, -0.2) is 120 Å². The molecule has 2 aromatic carbocycles. The number of ether oxygens (including phenoxy) is 5. The Hall–Kier alpha value is -4.94. The van der Waals surface area contributed by atoms with E-state index >= 15 is 0 Å². The zero-order valence-electron chi connectivity index (χ0n) is 31.3. The fourth-order valence-electron chi connectivity index (χ4n) is 5.02. The number of nitrogens with zero attached hydrogens (tertiary/aromatic N) is 1. The van der Waals surface area contributed by atoms with Gasteiger partial charge in [0, 0.05) is 32.1 Å². The van der Waals surface area contributed by atoms with Crippen LogP contribution in [0.3, 0.4) is 0 Å². The number of carbonyl (C=O) groups is 4. The third-order valence-corrected chi connectivity index (χ3v) is 9.62. The monoisotopic (exact) mass is 801 g/mol. The van der Waals surface area contributed by atoms with Crippen LogP contribution in [-0.2, 0) is 61.8 Å². The zero-order valence-corrected chi connectivity index (χ0v) is 32.1. The van der Waals surface area contributed by atoms with Crippen molar-refractivity contribution in [1.29, 1.82) is 0 Å². The molecule has 4 N–H and O–H groups in total. The molecule has 0 spiro atoms. The lowest BCUT2D eigenvalue weighted by molar-refractivity contribution is -0.143. The number of aryl methyl sites for hydroxylation is 1. The molecule has 0 fully saturated rings. The number of amides is 2. The Labute approximate surface area is 326 Å². The lowest BCUT2D eigenvalue weighted by Gasteiger charge is -2.09. The van der Waals surface area contributed by atoms with Crippen molar-refractivity contribution in [3.63, 3.8) is 0 Å². The summed E-state index contributed by atoms with van der Waals surface area (Å²) in [6, 6.07) is 17.5. The van der Waals surface area contributed by atoms with E-state index in [-0.39, 0.29) is 100 Å². The van der Waals surface area contributed by atoms with E-state index in [0.29, 0.717) is 25.2 Å². The number of hydrogen-bond donors (Lipinski definition) is 4. The predicted octanol–water partition coefficient (Wildman–Crippen LogP) is 2.86. The van der Waals surface area contributed by atoms with Gasteiger partial charge in [0.05, 0.1) is 68.2 Å². The molecule has 0 aliphatic carbocycles. The van der Waals surface area contributed by atoms with Gasteiger partial charge in [0.15, 0.2) is 9.84 Å². The molecule has 1 aromatic heterocycles. The molecule has 0 aliphatic heterocycles. The standard InChI is InChI=1S/C39H51N3O13S/c43-36(40-17-20-51-23-25-54-28-38(46)47)27-53-24-22-52-21-18-41-39(48)32-10-11-33(42-26-32)29-56(49,50)35-14-12-34(13-15-35)55-19-16-31-8-6-30(7-9-31)4-2-1-3-5-37(44)45/h6-15,26H,1-5,16-25,27-29H2,(H,40,43)(H,41,48)(H,44,45)(H,46,47). The number of carboxylic acids is 2. The highest BCUT2D eigenvalue weighted by molar-refractivity contribution is 7.90. The summed E-state index contributed by atoms with van der Waals surface area (Å²) in [6.45, 7) is 1.54. The molecule has 0 unspecified atom stereocenters. The third-order valence-electron chi connectivity index (χ3n) is 7.95. The van der Waals surface area contributed by atoms with E-state index in [9.17, 15) is 27.6 Å². The first-order valence-electron chi connectivity index (χ1n) is 18.3. The number of nitrogens with one attached hydrogen (secondary N) is 2. The van der Waals surface area contributed by atoms with E-state index in [0.717, 1.165) is 24.8 Å². The quantitative estimate of drug-likeness (QED) is 0.0712. The van der Waals surface area contributed by atoms with Crippen LogP contribution in [0.5, 0.6) is 5.75 Å². The zero-order chi connectivity index (χ0) is 40.4. The Morgan fingerprint density at radius 1 is 0.625 bits per heavy atom. The van der Waals surface area contributed by atoms with Crippen LogP contribution in [0.25, 0.3) is 0 Å². The van der Waals surface area contributed by atoms with Crippen LogP contribution < -0.4 is 15.4 Å². The Morgan fingerprint density at radius 3 is 1.88 bits per heavy atom. The Morgan fingerprint density at radius 2 is 1.25 bits per heavy atom. The van der Waals surface area contributed by atoms with Gasteiger partial charge in [0.25, 0.3) is 5.91 Å². The number of pyridine rings is 1. The van der Waals surface area contributed by atoms with E-state index in [2.05, 4.69) is 39.9 Å². The average molecular weight is 802 g/mol. The minimum atomic E-state index is -3.70. The second-order valence-electron chi connectivity index (χ2n) is 12.5. The minimum absolute atomic E-state index is 0.127. The normalized spacial score (nSPS) is 11.2. The first kappa shape index (κ1) is 45.4. The Kier molecular flexibility index (Phi) is 21.1. The van der Waals surface area contributed by atoms with Crippen LogP contribution in [0.2, 0.25) is 0 Å². The summed E-state index contributed by atoms with van der Waals surface area (Å²) in [6.07, 6.45) is 5.65. The second kappa shape index (κ2) is 26.0. The van der Waals surface area contributed by atoms with Crippen molar-refractivity contribution < 1.29 is 61.5 Å². The molecule has 0 bridgehead atoms. The second-order valence-corrected chi connectivity index (χ2v) is 14.5. The van der Waals surface area contributed by atoms with E-state index in [1.165, 1.54) is 36.0 Å². The number of sulfone groups is 1. The van der Waals surface area contributed by atoms with Crippen molar-refractivity contribution in [3.8, 4) is 5.75 Å². The number of rotatable bonds is 30. The fraction of sp³-hybridized carbons (Fsp3) is 0.462. The number of carboxylic acid groups (broad SMARTS) is 2. The SMILES string of the molecule is O=C(O)CCCCCc1ccc(CCOc2ccc(S(=O)(=O)Cc3ccc(C(=O)NCCOCCOCC(=O)NCCOCCOCC(=O)O)cn3)cc2)cc1. The van der Waals surface area contributed by atoms with Crippen molar-refractivity contribution in [2.75, 3.05) is 72.6 Å². The topological polar surface area (TPSA) is 226 Å². The molecular weight excluding hydrogens is 751 g/mol. The number of aliphatic carboxylic acids is 2. The summed E-state index contributed by atoms with van der Waals surface area (Å²) >= 11 is 0. The molecule has 3 aromatic rings. The molecule has 306 valence electrons. The summed E-state index contributed by atoms with van der Waals surface area (Å²) in [5.41, 5.74) is 2.88. The van der Waals surface area contributed by atoms with E-state index in [4.69, 9.17) is 33.9 Å². The molecule has 0 saturated heterocycles. The molecule has 0 aliphatic rings. The highest BCUT2D eigenvalue weighted by Gasteiger charge is 2.17. The highest BCUT2D eigenvalue weighted by atomic mass is 32.2. The van der Waals surface area contributed by atoms with Crippen LogP contribution in [0, 0.1) is 0 Å². The van der Waals surface area contributed by atoms with Gasteiger partial charge in [0.2, 0.25) is 5.91 Å². The largest absolute Gasteiger partial charge is 0.493 e. The predicted molar refractivity (Wildman–Crippen MR) is 203 cm³/mol. The molecule has 0 atom stereocenters. The Bertz CT molecular complexity index is 1740. The average Bonchev–Trinajstić information content (AvgIpc) is 3.17. The number of unbranched alkanes of at least 4 members (excludes halogenated alkanes) is 2. The van der Waals surface area contributed by atoms with Crippen LogP contribution in [0.4, 0.5) is 0 Å². The molecule has 1 heterocycles. The smallest absolute Gasteiger partial charge is 0.329 e. The lowest BCUT2D eigenvalue weighted by atomic mass is 10.0. The van der Waals surface area contributed by atoms with Crippen molar-refractivity contribution in [2.24, 2.45) is 0 Å². The van der Waals surface area contributed by atoms with Gasteiger partial charge >= 0.3 is 11.9 Å². The third kappa shape index (κ3) is 19.6. The Balaban J connectivity index is 1.25. The van der Waals surface area contributed by atoms with Crippen molar-refractivity contribution in [2.45, 2.75) is 49.2 Å². The summed E-state index contributed by atoms with van der Waals surface area (Å²) in [5.74, 6) is -2.32. The molecule has 3 rings (SSSR count). The van der Waals surface area contributed by atoms with Crippen LogP contribution in [0.1, 0.15) is 52.9 Å². The van der Waals surface area contributed by atoms with E-state index in [1.807, 2.05) is 0 Å². The summed E-state index contributed by atoms with van der Waals surface area (Å²) in [5, 5.41) is 22.5. The molecule has 16 nitrogen and oxygen atoms in total. The van der Waals surface area contributed by atoms with Crippen molar-refractivity contribution in [1.82, 2.24) is 15.6 Å². The molecular formula is C39H51N3O13S. The highest BCUT2D eigenvalue weighted by Crippen LogP contribution is 2.20. The van der Waals surface area contributed by atoms with Gasteiger partial charge in [-0.25, -0.2) is 13.2 Å². The molecule has 17 heteroatoms. The minimum Gasteiger partial charge on any atom is -0.493 e.